The van der Waals surface area contributed by atoms with E-state index in [-0.39, 0.29) is 36.2 Å². The minimum atomic E-state index is -0.799. The quantitative estimate of drug-likeness (QED) is 0.370. The van der Waals surface area contributed by atoms with Crippen LogP contribution in [0.5, 0.6) is 5.75 Å². The van der Waals surface area contributed by atoms with Gasteiger partial charge in [-0.2, -0.15) is 0 Å². The Labute approximate surface area is 224 Å². The number of benzene rings is 2. The predicted octanol–water partition coefficient (Wildman–Crippen LogP) is 1.14. The van der Waals surface area contributed by atoms with E-state index in [1.165, 1.54) is 0 Å². The molecule has 2 aliphatic heterocycles. The van der Waals surface area contributed by atoms with Crippen LogP contribution in [0.15, 0.2) is 54.6 Å². The third kappa shape index (κ3) is 6.52. The number of nitrogens with zero attached hydrogens (tertiary/aromatic N) is 1. The summed E-state index contributed by atoms with van der Waals surface area (Å²) in [5.41, 5.74) is 14.3. The molecule has 0 unspecified atom stereocenters. The number of nitrogens with two attached hydrogens (primary N) is 2. The van der Waals surface area contributed by atoms with Crippen LogP contribution in [0.1, 0.15) is 36.8 Å². The fraction of sp³-hybridized carbons (Fsp3) is 0.483. The molecule has 38 heavy (non-hydrogen) atoms. The Kier molecular flexibility index (Phi) is 9.36. The van der Waals surface area contributed by atoms with E-state index in [4.69, 9.17) is 16.2 Å². The highest BCUT2D eigenvalue weighted by Crippen LogP contribution is 2.33. The molecule has 0 spiro atoms. The molecular weight excluding hydrogens is 482 g/mol. The zero-order valence-corrected chi connectivity index (χ0v) is 22.0. The second kappa shape index (κ2) is 12.9. The number of carbonyl (C=O) groups excluding carboxylic acids is 3. The molecule has 2 aromatic rings. The van der Waals surface area contributed by atoms with Crippen molar-refractivity contribution in [2.24, 2.45) is 17.4 Å². The molecule has 6 N–H and O–H groups in total. The van der Waals surface area contributed by atoms with Gasteiger partial charge in [-0.1, -0.05) is 42.5 Å². The SMILES string of the molecule is COc1ccc(CCNC(=O)[C@@H]2CC[C@@H]3CC[C@H](CN)[C@H](NC(=O)[C@H](N)Cc4ccccc4)C(=O)N32)cc1. The second-order valence-electron chi connectivity index (χ2n) is 10.2. The van der Waals surface area contributed by atoms with Crippen molar-refractivity contribution in [2.75, 3.05) is 20.2 Å². The van der Waals surface area contributed by atoms with Gasteiger partial charge in [-0.15, -0.1) is 0 Å². The fourth-order valence-electron chi connectivity index (χ4n) is 5.59. The van der Waals surface area contributed by atoms with E-state index in [2.05, 4.69) is 10.6 Å². The van der Waals surface area contributed by atoms with Crippen LogP contribution in [-0.4, -0.2) is 67.0 Å². The van der Waals surface area contributed by atoms with Gasteiger partial charge in [0.05, 0.1) is 13.2 Å². The van der Waals surface area contributed by atoms with E-state index in [0.717, 1.165) is 29.7 Å². The van der Waals surface area contributed by atoms with Crippen molar-refractivity contribution in [3.63, 3.8) is 0 Å². The summed E-state index contributed by atoms with van der Waals surface area (Å²) in [4.78, 5) is 41.7. The van der Waals surface area contributed by atoms with E-state index < -0.39 is 18.1 Å². The van der Waals surface area contributed by atoms with E-state index in [9.17, 15) is 14.4 Å². The van der Waals surface area contributed by atoms with Gasteiger partial charge >= 0.3 is 0 Å². The first-order valence-corrected chi connectivity index (χ1v) is 13.4. The highest BCUT2D eigenvalue weighted by Gasteiger charge is 2.47. The summed E-state index contributed by atoms with van der Waals surface area (Å²) in [6.45, 7) is 0.734. The molecule has 9 heteroatoms. The Morgan fingerprint density at radius 1 is 1.03 bits per heavy atom. The van der Waals surface area contributed by atoms with E-state index in [1.807, 2.05) is 54.6 Å². The van der Waals surface area contributed by atoms with Gasteiger partial charge in [0.2, 0.25) is 17.7 Å². The number of hydrogen-bond donors (Lipinski definition) is 4. The summed E-state index contributed by atoms with van der Waals surface area (Å²) in [5.74, 6) is -0.209. The lowest BCUT2D eigenvalue weighted by Gasteiger charge is -2.32. The molecule has 2 aromatic carbocycles. The number of nitrogens with one attached hydrogen (secondary N) is 2. The van der Waals surface area contributed by atoms with Crippen LogP contribution in [0.2, 0.25) is 0 Å². The molecule has 2 heterocycles. The summed E-state index contributed by atoms with van der Waals surface area (Å²) < 4.78 is 5.19. The highest BCUT2D eigenvalue weighted by atomic mass is 16.5. The molecule has 0 radical (unpaired) electrons. The topological polar surface area (TPSA) is 140 Å². The average Bonchev–Trinajstić information content (AvgIpc) is 3.32. The normalized spacial score (nSPS) is 23.8. The molecule has 2 fully saturated rings. The zero-order valence-electron chi connectivity index (χ0n) is 22.0. The number of methoxy groups -OCH3 is 1. The lowest BCUT2D eigenvalue weighted by atomic mass is 9.93. The van der Waals surface area contributed by atoms with Crippen LogP contribution in [0.4, 0.5) is 0 Å². The van der Waals surface area contributed by atoms with Crippen LogP contribution < -0.4 is 26.8 Å². The third-order valence-electron chi connectivity index (χ3n) is 7.78. The molecule has 0 saturated carbocycles. The Morgan fingerprint density at radius 3 is 2.42 bits per heavy atom. The third-order valence-corrected chi connectivity index (χ3v) is 7.78. The van der Waals surface area contributed by atoms with E-state index >= 15 is 0 Å². The monoisotopic (exact) mass is 521 g/mol. The van der Waals surface area contributed by atoms with Crippen LogP contribution >= 0.6 is 0 Å². The summed E-state index contributed by atoms with van der Waals surface area (Å²) in [6, 6.07) is 15.1. The zero-order chi connectivity index (χ0) is 27.1. The minimum Gasteiger partial charge on any atom is -0.497 e. The largest absolute Gasteiger partial charge is 0.497 e. The summed E-state index contributed by atoms with van der Waals surface area (Å²) in [6.07, 6.45) is 3.86. The maximum absolute atomic E-state index is 13.8. The smallest absolute Gasteiger partial charge is 0.246 e. The Hall–Kier alpha value is -3.43. The van der Waals surface area contributed by atoms with Crippen molar-refractivity contribution in [2.45, 2.75) is 62.7 Å². The van der Waals surface area contributed by atoms with Crippen molar-refractivity contribution in [1.82, 2.24) is 15.5 Å². The standard InChI is InChI=1S/C29H39N5O4/c1-38-23-12-7-19(8-13-23)15-16-32-28(36)25-14-11-22-10-9-21(18-30)26(29(37)34(22)25)33-27(35)24(31)17-20-5-3-2-4-6-20/h2-8,12-13,21-22,24-26H,9-11,14-18,30-31H2,1H3,(H,32,36)(H,33,35)/t21-,22+,24-,25+,26+/m1/s1. The second-order valence-corrected chi connectivity index (χ2v) is 10.2. The molecular formula is C29H39N5O4. The number of hydrogen-bond acceptors (Lipinski definition) is 6. The van der Waals surface area contributed by atoms with Crippen molar-refractivity contribution in [3.05, 3.63) is 65.7 Å². The summed E-state index contributed by atoms with van der Waals surface area (Å²) in [7, 11) is 1.62. The first-order chi connectivity index (χ1) is 18.4. The maximum atomic E-state index is 13.8. The summed E-state index contributed by atoms with van der Waals surface area (Å²) in [5, 5.41) is 5.90. The van der Waals surface area contributed by atoms with Crippen LogP contribution in [0.25, 0.3) is 0 Å². The molecule has 2 saturated heterocycles. The number of amides is 3. The average molecular weight is 522 g/mol. The molecule has 0 aromatic heterocycles. The highest BCUT2D eigenvalue weighted by molar-refractivity contribution is 5.94. The molecule has 9 nitrogen and oxygen atoms in total. The molecule has 0 bridgehead atoms. The van der Waals surface area contributed by atoms with Crippen LogP contribution in [0, 0.1) is 5.92 Å². The molecule has 2 aliphatic rings. The van der Waals surface area contributed by atoms with Gasteiger partial charge in [0.25, 0.3) is 0 Å². The van der Waals surface area contributed by atoms with Crippen LogP contribution in [-0.2, 0) is 27.2 Å². The van der Waals surface area contributed by atoms with Crippen molar-refractivity contribution >= 4 is 17.7 Å². The Bertz CT molecular complexity index is 1090. The number of fused-ring (bicyclic) bond motifs is 1. The molecule has 5 atom stereocenters. The summed E-state index contributed by atoms with van der Waals surface area (Å²) >= 11 is 0. The van der Waals surface area contributed by atoms with Crippen molar-refractivity contribution in [1.29, 1.82) is 0 Å². The number of ether oxygens (including phenoxy) is 1. The maximum Gasteiger partial charge on any atom is 0.246 e. The Morgan fingerprint density at radius 2 is 1.74 bits per heavy atom. The lowest BCUT2D eigenvalue weighted by Crippen LogP contribution is -2.59. The van der Waals surface area contributed by atoms with Gasteiger partial charge < -0.3 is 31.7 Å². The molecule has 4 rings (SSSR count). The molecule has 3 amide bonds. The fourth-order valence-corrected chi connectivity index (χ4v) is 5.59. The van der Waals surface area contributed by atoms with Crippen molar-refractivity contribution < 1.29 is 19.1 Å². The van der Waals surface area contributed by atoms with Gasteiger partial charge in [0.15, 0.2) is 0 Å². The predicted molar refractivity (Wildman–Crippen MR) is 145 cm³/mol. The van der Waals surface area contributed by atoms with Gasteiger partial charge in [0, 0.05) is 18.5 Å². The van der Waals surface area contributed by atoms with Gasteiger partial charge in [-0.05, 0) is 68.3 Å². The first kappa shape index (κ1) is 27.6. The van der Waals surface area contributed by atoms with Crippen LogP contribution in [0.3, 0.4) is 0 Å². The number of rotatable bonds is 10. The first-order valence-electron chi connectivity index (χ1n) is 13.4. The molecule has 204 valence electrons. The lowest BCUT2D eigenvalue weighted by molar-refractivity contribution is -0.143. The van der Waals surface area contributed by atoms with Gasteiger partial charge in [-0.3, -0.25) is 14.4 Å². The Balaban J connectivity index is 1.39. The van der Waals surface area contributed by atoms with Gasteiger partial charge in [0.1, 0.15) is 17.8 Å². The van der Waals surface area contributed by atoms with Gasteiger partial charge in [-0.25, -0.2) is 0 Å². The van der Waals surface area contributed by atoms with Crippen molar-refractivity contribution in [3.8, 4) is 5.75 Å². The number of carbonyl (C=O) groups is 3. The molecule has 0 aliphatic carbocycles. The minimum absolute atomic E-state index is 0.0335. The van der Waals surface area contributed by atoms with E-state index in [1.54, 1.807) is 12.0 Å². The van der Waals surface area contributed by atoms with E-state index in [0.29, 0.717) is 32.2 Å².